The maximum Gasteiger partial charge on any atom is 0.164 e. The van der Waals surface area contributed by atoms with Gasteiger partial charge in [-0.2, -0.15) is 0 Å². The van der Waals surface area contributed by atoms with Gasteiger partial charge in [0.25, 0.3) is 0 Å². The van der Waals surface area contributed by atoms with Crippen LogP contribution >= 0.6 is 24.0 Å². The van der Waals surface area contributed by atoms with E-state index in [2.05, 4.69) is 11.0 Å². The van der Waals surface area contributed by atoms with Crippen LogP contribution in [0.25, 0.3) is 0 Å². The number of nitrogens with zero attached hydrogens (tertiary/aromatic N) is 1. The van der Waals surface area contributed by atoms with Crippen molar-refractivity contribution < 1.29 is 14.6 Å². The number of halogens is 2. The molecule has 4 nitrogen and oxygen atoms in total. The molecule has 1 atom stereocenters. The molecule has 0 saturated carbocycles. The van der Waals surface area contributed by atoms with Crippen molar-refractivity contribution in [1.82, 2.24) is 4.90 Å². The van der Waals surface area contributed by atoms with E-state index in [1.807, 2.05) is 36.4 Å². The number of para-hydroxylation sites is 1. The number of benzene rings is 2. The Balaban J connectivity index is 0.00000225. The maximum atomic E-state index is 11.0. The van der Waals surface area contributed by atoms with Crippen LogP contribution in [-0.4, -0.2) is 42.9 Å². The number of hydrogen-bond acceptors (Lipinski definition) is 4. The Hall–Kier alpha value is -1.46. The highest BCUT2D eigenvalue weighted by atomic mass is 35.5. The first-order valence-electron chi connectivity index (χ1n) is 9.61. The summed E-state index contributed by atoms with van der Waals surface area (Å²) in [5, 5.41) is 11.7. The lowest BCUT2D eigenvalue weighted by Gasteiger charge is -2.40. The second kappa shape index (κ2) is 8.91. The predicted molar refractivity (Wildman–Crippen MR) is 114 cm³/mol. The molecule has 1 N–H and O–H groups in total. The highest BCUT2D eigenvalue weighted by molar-refractivity contribution is 6.30. The Bertz CT molecular complexity index is 775. The summed E-state index contributed by atoms with van der Waals surface area (Å²) in [5.74, 6) is 1.71. The molecule has 4 rings (SSSR count). The molecule has 2 aromatic rings. The second-order valence-electron chi connectivity index (χ2n) is 7.57. The highest BCUT2D eigenvalue weighted by Crippen LogP contribution is 2.37. The number of rotatable bonds is 4. The van der Waals surface area contributed by atoms with Gasteiger partial charge in [0.05, 0.1) is 12.7 Å². The second-order valence-corrected chi connectivity index (χ2v) is 8.00. The van der Waals surface area contributed by atoms with E-state index in [0.29, 0.717) is 5.02 Å². The van der Waals surface area contributed by atoms with E-state index in [4.69, 9.17) is 21.1 Å². The first-order chi connectivity index (χ1) is 13.1. The molecule has 2 aliphatic heterocycles. The fraction of sp³-hybridized carbons (Fsp3) is 0.455. The van der Waals surface area contributed by atoms with Gasteiger partial charge in [-0.25, -0.2) is 0 Å². The normalized spacial score (nSPS) is 21.2. The Morgan fingerprint density at radius 3 is 2.57 bits per heavy atom. The third-order valence-electron chi connectivity index (χ3n) is 5.83. The molecule has 1 saturated heterocycles. The van der Waals surface area contributed by atoms with E-state index >= 15 is 0 Å². The van der Waals surface area contributed by atoms with Crippen molar-refractivity contribution in [3.63, 3.8) is 0 Å². The van der Waals surface area contributed by atoms with Crippen molar-refractivity contribution in [2.24, 2.45) is 0 Å². The minimum absolute atomic E-state index is 0. The average molecular weight is 424 g/mol. The van der Waals surface area contributed by atoms with Gasteiger partial charge in [-0.3, -0.25) is 4.90 Å². The molecule has 2 heterocycles. The van der Waals surface area contributed by atoms with Crippen LogP contribution in [-0.2, 0) is 12.0 Å². The lowest BCUT2D eigenvalue weighted by molar-refractivity contribution is -0.0337. The van der Waals surface area contributed by atoms with Crippen LogP contribution in [0, 0.1) is 0 Å². The SMILES string of the molecule is COc1cccc2c1OC(CN1CCC(O)(c3ccc(Cl)cc3)CC1)CC2.Cl. The zero-order valence-electron chi connectivity index (χ0n) is 16.1. The summed E-state index contributed by atoms with van der Waals surface area (Å²) < 4.78 is 11.7. The van der Waals surface area contributed by atoms with Crippen molar-refractivity contribution >= 4 is 24.0 Å². The fourth-order valence-corrected chi connectivity index (χ4v) is 4.29. The number of aryl methyl sites for hydroxylation is 1. The number of likely N-dealkylation sites (tertiary alicyclic amines) is 1. The molecule has 1 fully saturated rings. The first kappa shape index (κ1) is 21.3. The minimum atomic E-state index is -0.760. The molecule has 2 aromatic carbocycles. The average Bonchev–Trinajstić information content (AvgIpc) is 2.70. The van der Waals surface area contributed by atoms with Gasteiger partial charge >= 0.3 is 0 Å². The van der Waals surface area contributed by atoms with Gasteiger partial charge in [0.1, 0.15) is 6.10 Å². The number of fused-ring (bicyclic) bond motifs is 1. The molecule has 0 spiro atoms. The molecule has 0 bridgehead atoms. The summed E-state index contributed by atoms with van der Waals surface area (Å²) in [6.07, 6.45) is 3.64. The summed E-state index contributed by atoms with van der Waals surface area (Å²) in [6, 6.07) is 13.7. The highest BCUT2D eigenvalue weighted by Gasteiger charge is 2.35. The number of methoxy groups -OCH3 is 1. The van der Waals surface area contributed by atoms with Crippen molar-refractivity contribution in [3.05, 3.63) is 58.6 Å². The molecule has 152 valence electrons. The molecule has 0 aromatic heterocycles. The van der Waals surface area contributed by atoms with Gasteiger partial charge in [0.2, 0.25) is 0 Å². The van der Waals surface area contributed by atoms with Gasteiger partial charge in [0, 0.05) is 24.7 Å². The number of aliphatic hydroxyl groups is 1. The van der Waals surface area contributed by atoms with Crippen LogP contribution in [0.4, 0.5) is 0 Å². The molecular formula is C22H27Cl2NO3. The van der Waals surface area contributed by atoms with Crippen molar-refractivity contribution in [1.29, 1.82) is 0 Å². The quantitative estimate of drug-likeness (QED) is 0.788. The molecule has 28 heavy (non-hydrogen) atoms. The van der Waals surface area contributed by atoms with Gasteiger partial charge in [0.15, 0.2) is 11.5 Å². The van der Waals surface area contributed by atoms with Crippen LogP contribution in [0.2, 0.25) is 5.02 Å². The van der Waals surface area contributed by atoms with Crippen molar-refractivity contribution in [2.45, 2.75) is 37.4 Å². The Labute approximate surface area is 177 Å². The summed E-state index contributed by atoms with van der Waals surface area (Å²) in [5.41, 5.74) is 1.42. The number of ether oxygens (including phenoxy) is 2. The van der Waals surface area contributed by atoms with E-state index in [9.17, 15) is 5.11 Å². The molecule has 1 unspecified atom stereocenters. The third kappa shape index (κ3) is 4.41. The summed E-state index contributed by atoms with van der Waals surface area (Å²) in [4.78, 5) is 2.40. The van der Waals surface area contributed by atoms with E-state index in [1.54, 1.807) is 7.11 Å². The van der Waals surface area contributed by atoms with E-state index in [0.717, 1.165) is 62.4 Å². The summed E-state index contributed by atoms with van der Waals surface area (Å²) in [7, 11) is 1.69. The zero-order valence-corrected chi connectivity index (χ0v) is 17.6. The van der Waals surface area contributed by atoms with Crippen molar-refractivity contribution in [2.75, 3.05) is 26.7 Å². The van der Waals surface area contributed by atoms with Gasteiger partial charge in [-0.15, -0.1) is 12.4 Å². The minimum Gasteiger partial charge on any atom is -0.493 e. The Morgan fingerprint density at radius 1 is 1.18 bits per heavy atom. The summed E-state index contributed by atoms with van der Waals surface area (Å²) in [6.45, 7) is 2.60. The van der Waals surface area contributed by atoms with Crippen LogP contribution < -0.4 is 9.47 Å². The standard InChI is InChI=1S/C22H26ClNO3.ClH/c1-26-20-4-2-3-16-5-10-19(27-21(16)20)15-24-13-11-22(25,12-14-24)17-6-8-18(23)9-7-17;/h2-4,6-9,19,25H,5,10-15H2,1H3;1H. The molecule has 2 aliphatic rings. The molecule has 0 amide bonds. The van der Waals surface area contributed by atoms with E-state index < -0.39 is 5.60 Å². The van der Waals surface area contributed by atoms with E-state index in [-0.39, 0.29) is 18.5 Å². The maximum absolute atomic E-state index is 11.0. The number of piperidine rings is 1. The topological polar surface area (TPSA) is 41.9 Å². The molecule has 0 radical (unpaired) electrons. The monoisotopic (exact) mass is 423 g/mol. The van der Waals surface area contributed by atoms with Crippen LogP contribution in [0.15, 0.2) is 42.5 Å². The van der Waals surface area contributed by atoms with Gasteiger partial charge < -0.3 is 14.6 Å². The lowest BCUT2D eigenvalue weighted by Crippen LogP contribution is -2.46. The van der Waals surface area contributed by atoms with Crippen molar-refractivity contribution in [3.8, 4) is 11.5 Å². The van der Waals surface area contributed by atoms with Crippen LogP contribution in [0.5, 0.6) is 11.5 Å². The lowest BCUT2D eigenvalue weighted by atomic mass is 9.84. The summed E-state index contributed by atoms with van der Waals surface area (Å²) >= 11 is 5.97. The third-order valence-corrected chi connectivity index (χ3v) is 6.08. The molecule has 0 aliphatic carbocycles. The van der Waals surface area contributed by atoms with Gasteiger partial charge in [-0.1, -0.05) is 35.9 Å². The molecule has 6 heteroatoms. The van der Waals surface area contributed by atoms with Crippen LogP contribution in [0.3, 0.4) is 0 Å². The number of hydrogen-bond donors (Lipinski definition) is 1. The smallest absolute Gasteiger partial charge is 0.164 e. The predicted octanol–water partition coefficient (Wildman–Crippen LogP) is 4.45. The first-order valence-corrected chi connectivity index (χ1v) is 9.98. The molecular weight excluding hydrogens is 397 g/mol. The Kier molecular flexibility index (Phi) is 6.77. The van der Waals surface area contributed by atoms with Gasteiger partial charge in [-0.05, 0) is 55.0 Å². The van der Waals surface area contributed by atoms with Crippen LogP contribution in [0.1, 0.15) is 30.4 Å². The van der Waals surface area contributed by atoms with E-state index in [1.165, 1.54) is 5.56 Å². The Morgan fingerprint density at radius 2 is 1.89 bits per heavy atom. The fourth-order valence-electron chi connectivity index (χ4n) is 4.17. The largest absolute Gasteiger partial charge is 0.493 e. The zero-order chi connectivity index (χ0) is 18.9.